The fourth-order valence-electron chi connectivity index (χ4n) is 5.14. The third-order valence-electron chi connectivity index (χ3n) is 7.91. The predicted octanol–water partition coefficient (Wildman–Crippen LogP) is 9.15. The number of anilines is 4. The Morgan fingerprint density at radius 1 is 0.767 bits per heavy atom. The number of likely N-dealkylation sites (N-methyl/N-ethyl adjacent to an activating group) is 1. The highest BCUT2D eigenvalue weighted by atomic mass is 15.1. The van der Waals surface area contributed by atoms with Crippen molar-refractivity contribution in [3.8, 4) is 22.3 Å². The molecule has 0 radical (unpaired) electrons. The Bertz CT molecular complexity index is 1700. The summed E-state index contributed by atoms with van der Waals surface area (Å²) in [6.45, 7) is 7.34. The van der Waals surface area contributed by atoms with Gasteiger partial charge in [-0.05, 0) is 76.6 Å². The second-order valence-corrected chi connectivity index (χ2v) is 10.9. The Morgan fingerprint density at radius 2 is 1.49 bits per heavy atom. The molecule has 0 bridgehead atoms. The number of nitrogen functional groups attached to an aromatic ring is 2. The van der Waals surface area contributed by atoms with Crippen molar-refractivity contribution < 1.29 is 0 Å². The Kier molecular flexibility index (Phi) is 9.28. The number of benzene rings is 5. The largest absolute Gasteiger partial charge is 0.398 e. The van der Waals surface area contributed by atoms with Gasteiger partial charge in [-0.2, -0.15) is 0 Å². The first kappa shape index (κ1) is 29.3. The number of nitrogens with one attached hydrogen (secondary N) is 1. The summed E-state index contributed by atoms with van der Waals surface area (Å²) in [7, 11) is 2.03. The summed E-state index contributed by atoms with van der Waals surface area (Å²) in [5.41, 5.74) is 24.0. The molecule has 5 N–H and O–H groups in total. The topological polar surface area (TPSA) is 67.3 Å². The van der Waals surface area contributed by atoms with Crippen molar-refractivity contribution in [3.63, 3.8) is 0 Å². The summed E-state index contributed by atoms with van der Waals surface area (Å²) >= 11 is 0. The molecule has 0 aliphatic rings. The summed E-state index contributed by atoms with van der Waals surface area (Å²) in [6, 6.07) is 41.8. The lowest BCUT2D eigenvalue weighted by Crippen LogP contribution is -2.15. The highest BCUT2D eigenvalue weighted by Crippen LogP contribution is 2.31. The van der Waals surface area contributed by atoms with E-state index in [1.54, 1.807) is 0 Å². The summed E-state index contributed by atoms with van der Waals surface area (Å²) in [6.07, 6.45) is 5.22. The van der Waals surface area contributed by atoms with Crippen molar-refractivity contribution in [1.29, 1.82) is 0 Å². The van der Waals surface area contributed by atoms with Crippen LogP contribution < -0.4 is 21.7 Å². The third kappa shape index (κ3) is 7.35. The maximum absolute atomic E-state index is 6.27. The van der Waals surface area contributed by atoms with Crippen LogP contribution in [0.25, 0.3) is 22.3 Å². The van der Waals surface area contributed by atoms with Gasteiger partial charge >= 0.3 is 0 Å². The second-order valence-electron chi connectivity index (χ2n) is 10.9. The van der Waals surface area contributed by atoms with Gasteiger partial charge in [0.25, 0.3) is 0 Å². The van der Waals surface area contributed by atoms with Gasteiger partial charge in [-0.3, -0.25) is 0 Å². The van der Waals surface area contributed by atoms with Gasteiger partial charge in [0.05, 0.1) is 11.4 Å². The highest BCUT2D eigenvalue weighted by molar-refractivity contribution is 5.80. The Hall–Kier alpha value is -5.22. The van der Waals surface area contributed by atoms with Crippen molar-refractivity contribution in [2.45, 2.75) is 19.3 Å². The fraction of sp³-hybridized carbons (Fsp3) is 0.128. The maximum atomic E-state index is 6.27. The SMILES string of the molecule is C=C(/C=C\C(C)c1ccc(-c2cccc(-c3ccccc3N)c2)cc1)N(C)c1ccc(N)c(NCCc2ccccc2)c1. The minimum atomic E-state index is 0.233. The molecule has 0 aliphatic heterocycles. The average Bonchev–Trinajstić information content (AvgIpc) is 3.05. The molecule has 0 heterocycles. The molecular weight excluding hydrogens is 524 g/mol. The smallest absolute Gasteiger partial charge is 0.0594 e. The first-order valence-corrected chi connectivity index (χ1v) is 14.7. The lowest BCUT2D eigenvalue weighted by molar-refractivity contribution is 0.963. The predicted molar refractivity (Wildman–Crippen MR) is 186 cm³/mol. The number of allylic oxidation sites excluding steroid dienone is 2. The summed E-state index contributed by atoms with van der Waals surface area (Å²) in [5, 5.41) is 3.49. The van der Waals surface area contributed by atoms with E-state index in [9.17, 15) is 0 Å². The Morgan fingerprint density at radius 3 is 2.26 bits per heavy atom. The third-order valence-corrected chi connectivity index (χ3v) is 7.91. The number of hydrogen-bond acceptors (Lipinski definition) is 4. The van der Waals surface area contributed by atoms with Crippen LogP contribution in [0.1, 0.15) is 24.0 Å². The molecule has 43 heavy (non-hydrogen) atoms. The molecule has 5 aromatic rings. The van der Waals surface area contributed by atoms with Crippen LogP contribution in [0.2, 0.25) is 0 Å². The van der Waals surface area contributed by atoms with Crippen molar-refractivity contribution in [2.75, 3.05) is 35.3 Å². The van der Waals surface area contributed by atoms with Crippen LogP contribution in [0.3, 0.4) is 0 Å². The molecule has 4 heteroatoms. The van der Waals surface area contributed by atoms with Gasteiger partial charge in [-0.1, -0.05) is 111 Å². The molecule has 0 saturated heterocycles. The molecular formula is C39H40N4. The van der Waals surface area contributed by atoms with Crippen LogP contribution in [-0.4, -0.2) is 13.6 Å². The van der Waals surface area contributed by atoms with Crippen molar-refractivity contribution in [1.82, 2.24) is 0 Å². The minimum absolute atomic E-state index is 0.233. The maximum Gasteiger partial charge on any atom is 0.0594 e. The van der Waals surface area contributed by atoms with E-state index in [1.165, 1.54) is 22.3 Å². The first-order valence-electron chi connectivity index (χ1n) is 14.7. The van der Waals surface area contributed by atoms with Gasteiger partial charge in [0.1, 0.15) is 0 Å². The monoisotopic (exact) mass is 564 g/mol. The van der Waals surface area contributed by atoms with Crippen molar-refractivity contribution in [3.05, 3.63) is 157 Å². The van der Waals surface area contributed by atoms with Crippen LogP contribution in [0.5, 0.6) is 0 Å². The molecule has 0 aliphatic carbocycles. The molecule has 0 spiro atoms. The van der Waals surface area contributed by atoms with E-state index in [1.807, 2.05) is 43.4 Å². The Labute approximate surface area is 256 Å². The van der Waals surface area contributed by atoms with E-state index in [4.69, 9.17) is 11.5 Å². The second kappa shape index (κ2) is 13.6. The van der Waals surface area contributed by atoms with Crippen LogP contribution >= 0.6 is 0 Å². The van der Waals surface area contributed by atoms with Crippen LogP contribution in [0.4, 0.5) is 22.7 Å². The minimum Gasteiger partial charge on any atom is -0.398 e. The van der Waals surface area contributed by atoms with Crippen molar-refractivity contribution >= 4 is 22.7 Å². The van der Waals surface area contributed by atoms with Gasteiger partial charge in [-0.15, -0.1) is 0 Å². The molecule has 0 amide bonds. The summed E-state index contributed by atoms with van der Waals surface area (Å²) < 4.78 is 0. The number of nitrogens with zero attached hydrogens (tertiary/aromatic N) is 1. The van der Waals surface area contributed by atoms with Gasteiger partial charge in [0, 0.05) is 36.2 Å². The fourth-order valence-corrected chi connectivity index (χ4v) is 5.14. The van der Waals surface area contributed by atoms with Gasteiger partial charge in [0.2, 0.25) is 0 Å². The number of para-hydroxylation sites is 1. The normalized spacial score (nSPS) is 11.8. The molecule has 5 rings (SSSR count). The molecule has 216 valence electrons. The first-order chi connectivity index (χ1) is 20.9. The molecule has 0 saturated carbocycles. The van der Waals surface area contributed by atoms with Crippen molar-refractivity contribution in [2.24, 2.45) is 0 Å². The number of hydrogen-bond donors (Lipinski definition) is 3. The van der Waals surface area contributed by atoms with E-state index < -0.39 is 0 Å². The van der Waals surface area contributed by atoms with E-state index in [-0.39, 0.29) is 5.92 Å². The molecule has 5 aromatic carbocycles. The van der Waals surface area contributed by atoms with Crippen LogP contribution in [-0.2, 0) is 6.42 Å². The van der Waals surface area contributed by atoms with E-state index in [2.05, 4.69) is 121 Å². The van der Waals surface area contributed by atoms with Crippen LogP contribution in [0.15, 0.2) is 146 Å². The molecule has 0 aromatic heterocycles. The zero-order chi connectivity index (χ0) is 30.2. The lowest BCUT2D eigenvalue weighted by atomic mass is 9.95. The average molecular weight is 565 g/mol. The highest BCUT2D eigenvalue weighted by Gasteiger charge is 2.09. The number of nitrogens with two attached hydrogens (primary N) is 2. The summed E-state index contributed by atoms with van der Waals surface area (Å²) in [5.74, 6) is 0.233. The zero-order valence-electron chi connectivity index (χ0n) is 25.0. The van der Waals surface area contributed by atoms with Gasteiger partial charge in [-0.25, -0.2) is 0 Å². The Balaban J connectivity index is 1.21. The quantitative estimate of drug-likeness (QED) is 0.111. The summed E-state index contributed by atoms with van der Waals surface area (Å²) in [4.78, 5) is 2.08. The standard InChI is InChI=1S/C39H40N4/c1-28(31-18-20-32(21-19-31)33-12-9-13-34(26-33)36-14-7-8-15-37(36)40)16-17-29(2)43(3)35-22-23-38(41)39(27-35)42-25-24-30-10-5-4-6-11-30/h4-23,26-28,42H,2,24-25,40-41H2,1,3H3/b17-16-. The molecule has 1 unspecified atom stereocenters. The zero-order valence-corrected chi connectivity index (χ0v) is 25.0. The lowest BCUT2D eigenvalue weighted by Gasteiger charge is -2.22. The molecule has 4 nitrogen and oxygen atoms in total. The molecule has 1 atom stereocenters. The van der Waals surface area contributed by atoms with Gasteiger partial charge in [0.15, 0.2) is 0 Å². The van der Waals surface area contributed by atoms with Crippen LogP contribution in [0, 0.1) is 0 Å². The van der Waals surface area contributed by atoms with E-state index in [0.717, 1.165) is 52.5 Å². The number of rotatable bonds is 11. The van der Waals surface area contributed by atoms with E-state index in [0.29, 0.717) is 0 Å². The molecule has 0 fully saturated rings. The van der Waals surface area contributed by atoms with E-state index >= 15 is 0 Å². The van der Waals surface area contributed by atoms with Gasteiger partial charge < -0.3 is 21.7 Å².